The van der Waals surface area contributed by atoms with Gasteiger partial charge in [0, 0.05) is 34.9 Å². The summed E-state index contributed by atoms with van der Waals surface area (Å²) in [6.07, 6.45) is 1.58. The van der Waals surface area contributed by atoms with Gasteiger partial charge in [0.2, 0.25) is 0 Å². The summed E-state index contributed by atoms with van der Waals surface area (Å²) in [6.45, 7) is 4.56. The largest absolute Gasteiger partial charge is 0.494 e. The first-order chi connectivity index (χ1) is 22.0. The SMILES string of the molecule is Cc1cc(OCCCS(C)(=O)=O)cc(C)c1-c1cc(COc2ccc3c(c2)OC[C@H]3CC(=O)O)c(F)cc1COc1ccccc1. The Morgan fingerprint density at radius 2 is 1.59 bits per heavy atom. The number of aryl methyl sites for hydroxylation is 2. The van der Waals surface area contributed by atoms with Gasteiger partial charge in [0.15, 0.2) is 0 Å². The van der Waals surface area contributed by atoms with E-state index in [4.69, 9.17) is 18.9 Å². The minimum atomic E-state index is -3.07. The van der Waals surface area contributed by atoms with Crippen LogP contribution in [0.4, 0.5) is 4.39 Å². The molecule has 0 fully saturated rings. The summed E-state index contributed by atoms with van der Waals surface area (Å²) in [6, 6.07) is 21.6. The molecule has 5 rings (SSSR count). The van der Waals surface area contributed by atoms with Crippen LogP contribution in [0.25, 0.3) is 11.1 Å². The first-order valence-electron chi connectivity index (χ1n) is 15.0. The summed E-state index contributed by atoms with van der Waals surface area (Å²) in [4.78, 5) is 11.2. The Kier molecular flexibility index (Phi) is 10.2. The first-order valence-corrected chi connectivity index (χ1v) is 17.1. The van der Waals surface area contributed by atoms with E-state index in [0.29, 0.717) is 47.2 Å². The molecule has 0 radical (unpaired) electrons. The minimum absolute atomic E-state index is 0.0172. The average Bonchev–Trinajstić information content (AvgIpc) is 3.39. The van der Waals surface area contributed by atoms with Gasteiger partial charge >= 0.3 is 5.97 Å². The van der Waals surface area contributed by atoms with E-state index in [9.17, 15) is 18.3 Å². The second-order valence-corrected chi connectivity index (χ2v) is 13.8. The van der Waals surface area contributed by atoms with Crippen LogP contribution in [-0.4, -0.2) is 44.7 Å². The summed E-state index contributed by atoms with van der Waals surface area (Å²) in [5, 5.41) is 9.17. The van der Waals surface area contributed by atoms with Gasteiger partial charge in [-0.1, -0.05) is 24.3 Å². The molecule has 0 aliphatic carbocycles. The van der Waals surface area contributed by atoms with E-state index in [0.717, 1.165) is 27.8 Å². The molecular weight excluding hydrogens is 611 g/mol. The molecule has 0 amide bonds. The van der Waals surface area contributed by atoms with Crippen LogP contribution in [0.1, 0.15) is 46.6 Å². The van der Waals surface area contributed by atoms with Crippen molar-refractivity contribution < 1.29 is 41.7 Å². The van der Waals surface area contributed by atoms with Gasteiger partial charge in [-0.2, -0.15) is 0 Å². The molecule has 0 spiro atoms. The van der Waals surface area contributed by atoms with Gasteiger partial charge in [0.25, 0.3) is 0 Å². The lowest BCUT2D eigenvalue weighted by Gasteiger charge is -2.19. The number of aliphatic carboxylic acids is 1. The zero-order valence-corrected chi connectivity index (χ0v) is 26.9. The fourth-order valence-electron chi connectivity index (χ4n) is 5.63. The first kappa shape index (κ1) is 32.8. The Bertz CT molecular complexity index is 1800. The van der Waals surface area contributed by atoms with Crippen LogP contribution in [0.2, 0.25) is 0 Å². The highest BCUT2D eigenvalue weighted by Gasteiger charge is 2.27. The van der Waals surface area contributed by atoms with E-state index in [1.54, 1.807) is 24.3 Å². The van der Waals surface area contributed by atoms with Crippen molar-refractivity contribution in [1.29, 1.82) is 0 Å². The van der Waals surface area contributed by atoms with Crippen molar-refractivity contribution in [2.24, 2.45) is 0 Å². The van der Waals surface area contributed by atoms with Gasteiger partial charge in [-0.15, -0.1) is 0 Å². The Morgan fingerprint density at radius 3 is 2.28 bits per heavy atom. The molecular formula is C36H37FO8S. The fraction of sp³-hybridized carbons (Fsp3) is 0.306. The second-order valence-electron chi connectivity index (χ2n) is 11.6. The maximum absolute atomic E-state index is 15.6. The van der Waals surface area contributed by atoms with E-state index in [2.05, 4.69) is 0 Å². The van der Waals surface area contributed by atoms with Gasteiger partial charge < -0.3 is 24.1 Å². The number of halogens is 1. The van der Waals surface area contributed by atoms with E-state index in [1.807, 2.05) is 56.3 Å². The molecule has 0 aromatic heterocycles. The van der Waals surface area contributed by atoms with Gasteiger partial charge in [0.05, 0.1) is 25.4 Å². The summed E-state index contributed by atoms with van der Waals surface area (Å²) in [7, 11) is -3.07. The van der Waals surface area contributed by atoms with Crippen molar-refractivity contribution in [1.82, 2.24) is 0 Å². The van der Waals surface area contributed by atoms with Crippen LogP contribution in [0.3, 0.4) is 0 Å². The predicted molar refractivity (Wildman–Crippen MR) is 173 cm³/mol. The third kappa shape index (κ3) is 8.37. The quantitative estimate of drug-likeness (QED) is 0.145. The number of carboxylic acids is 1. The van der Waals surface area contributed by atoms with E-state index in [-0.39, 0.29) is 37.9 Å². The average molecular weight is 649 g/mol. The highest BCUT2D eigenvalue weighted by Crippen LogP contribution is 2.39. The Labute approximate surface area is 268 Å². The number of ether oxygens (including phenoxy) is 4. The molecule has 8 nitrogen and oxygen atoms in total. The number of fused-ring (bicyclic) bond motifs is 1. The highest BCUT2D eigenvalue weighted by molar-refractivity contribution is 7.90. The molecule has 46 heavy (non-hydrogen) atoms. The van der Waals surface area contributed by atoms with E-state index >= 15 is 4.39 Å². The van der Waals surface area contributed by atoms with Gasteiger partial charge in [-0.25, -0.2) is 12.8 Å². The summed E-state index contributed by atoms with van der Waals surface area (Å²) < 4.78 is 62.1. The molecule has 4 aromatic rings. The second kappa shape index (κ2) is 14.2. The van der Waals surface area contributed by atoms with Gasteiger partial charge in [-0.3, -0.25) is 4.79 Å². The van der Waals surface area contributed by atoms with Crippen molar-refractivity contribution >= 4 is 15.8 Å². The number of hydrogen-bond acceptors (Lipinski definition) is 7. The molecule has 10 heteroatoms. The zero-order valence-electron chi connectivity index (χ0n) is 26.0. The summed E-state index contributed by atoms with van der Waals surface area (Å²) >= 11 is 0. The van der Waals surface area contributed by atoms with Crippen molar-refractivity contribution in [3.63, 3.8) is 0 Å². The van der Waals surface area contributed by atoms with Crippen molar-refractivity contribution in [3.05, 3.63) is 106 Å². The lowest BCUT2D eigenvalue weighted by atomic mass is 9.90. The molecule has 1 aliphatic rings. The lowest BCUT2D eigenvalue weighted by molar-refractivity contribution is -0.137. The molecule has 4 aromatic carbocycles. The van der Waals surface area contributed by atoms with Gasteiger partial charge in [0.1, 0.15) is 51.9 Å². The number of hydrogen-bond donors (Lipinski definition) is 1. The topological polar surface area (TPSA) is 108 Å². The number of para-hydroxylation sites is 1. The standard InChI is InChI=1S/C36H37FO8S/c1-23-14-30(42-12-7-13-46(3,40)41)15-24(2)36(23)32-16-27(33(37)17-25(32)20-43-28-8-5-4-6-9-28)22-44-29-10-11-31-26(18-35(38)39)21-45-34(31)19-29/h4-6,8-11,14-17,19,26H,7,12-13,18,20-22H2,1-3H3,(H,38,39)/t26-/m1/s1. The predicted octanol–water partition coefficient (Wildman–Crippen LogP) is 7.03. The highest BCUT2D eigenvalue weighted by atomic mass is 32.2. The van der Waals surface area contributed by atoms with Crippen LogP contribution in [0.5, 0.6) is 23.0 Å². The number of sulfone groups is 1. The van der Waals surface area contributed by atoms with Gasteiger partial charge in [-0.05, 0) is 85.0 Å². The molecule has 0 unspecified atom stereocenters. The van der Waals surface area contributed by atoms with Crippen molar-refractivity contribution in [3.8, 4) is 34.1 Å². The van der Waals surface area contributed by atoms with Crippen LogP contribution < -0.4 is 18.9 Å². The Morgan fingerprint density at radius 1 is 0.891 bits per heavy atom. The monoisotopic (exact) mass is 648 g/mol. The third-order valence-corrected chi connectivity index (χ3v) is 8.82. The maximum atomic E-state index is 15.6. The van der Waals surface area contributed by atoms with Crippen LogP contribution in [0.15, 0.2) is 72.8 Å². The molecule has 1 heterocycles. The molecule has 1 aliphatic heterocycles. The molecule has 0 bridgehead atoms. The zero-order chi connectivity index (χ0) is 32.8. The molecule has 0 saturated carbocycles. The van der Waals surface area contributed by atoms with E-state index < -0.39 is 21.6 Å². The van der Waals surface area contributed by atoms with Crippen molar-refractivity contribution in [2.75, 3.05) is 25.2 Å². The lowest BCUT2D eigenvalue weighted by Crippen LogP contribution is -2.08. The van der Waals surface area contributed by atoms with Crippen LogP contribution >= 0.6 is 0 Å². The summed E-state index contributed by atoms with van der Waals surface area (Å²) in [5.41, 5.74) is 5.35. The Balaban J connectivity index is 1.40. The van der Waals surface area contributed by atoms with Crippen LogP contribution in [-0.2, 0) is 27.8 Å². The smallest absolute Gasteiger partial charge is 0.304 e. The van der Waals surface area contributed by atoms with Crippen LogP contribution in [0, 0.1) is 19.7 Å². The number of benzene rings is 4. The Hall–Kier alpha value is -4.57. The minimum Gasteiger partial charge on any atom is -0.494 e. The molecule has 1 atom stereocenters. The van der Waals surface area contributed by atoms with Crippen molar-refractivity contribution in [2.45, 2.75) is 45.8 Å². The molecule has 1 N–H and O–H groups in total. The summed E-state index contributed by atoms with van der Waals surface area (Å²) in [5.74, 6) is 0.862. The maximum Gasteiger partial charge on any atom is 0.304 e. The molecule has 242 valence electrons. The van der Waals surface area contributed by atoms with E-state index in [1.165, 1.54) is 12.3 Å². The number of carbonyl (C=O) groups is 1. The molecule has 0 saturated heterocycles. The number of rotatable bonds is 14. The fourth-order valence-corrected chi connectivity index (χ4v) is 6.27. The number of carboxylic acid groups (broad SMARTS) is 1. The third-order valence-electron chi connectivity index (χ3n) is 7.79. The normalized spacial score (nSPS) is 14.0.